The third-order valence-corrected chi connectivity index (χ3v) is 3.29. The van der Waals surface area contributed by atoms with Crippen LogP contribution in [0.25, 0.3) is 0 Å². The van der Waals surface area contributed by atoms with Crippen molar-refractivity contribution in [1.29, 1.82) is 0 Å². The van der Waals surface area contributed by atoms with Crippen LogP contribution >= 0.6 is 0 Å². The maximum absolute atomic E-state index is 12.1. The molecule has 98 valence electrons. The fourth-order valence-corrected chi connectivity index (χ4v) is 2.29. The van der Waals surface area contributed by atoms with Crippen LogP contribution in [0.15, 0.2) is 12.4 Å². The van der Waals surface area contributed by atoms with Crippen molar-refractivity contribution in [2.45, 2.75) is 19.3 Å². The summed E-state index contributed by atoms with van der Waals surface area (Å²) in [4.78, 5) is 24.4. The van der Waals surface area contributed by atoms with Crippen molar-refractivity contribution >= 4 is 11.9 Å². The highest BCUT2D eigenvalue weighted by atomic mass is 16.4. The zero-order valence-electron chi connectivity index (χ0n) is 10.4. The van der Waals surface area contributed by atoms with Crippen molar-refractivity contribution in [3.63, 3.8) is 0 Å². The normalized spacial score (nSPS) is 19.2. The number of amides is 1. The number of carboxylic acids is 1. The van der Waals surface area contributed by atoms with E-state index in [1.165, 1.54) is 0 Å². The van der Waals surface area contributed by atoms with E-state index >= 15 is 0 Å². The Kier molecular flexibility index (Phi) is 3.64. The van der Waals surface area contributed by atoms with E-state index < -0.39 is 5.97 Å². The van der Waals surface area contributed by atoms with Gasteiger partial charge in [-0.15, -0.1) is 0 Å². The van der Waals surface area contributed by atoms with Gasteiger partial charge in [0.25, 0.3) is 5.91 Å². The number of hydrogen-bond acceptors (Lipinski definition) is 3. The van der Waals surface area contributed by atoms with Crippen molar-refractivity contribution < 1.29 is 14.7 Å². The lowest BCUT2D eigenvalue weighted by molar-refractivity contribution is -0.137. The topological polar surface area (TPSA) is 75.4 Å². The second-order valence-electron chi connectivity index (χ2n) is 4.74. The molecule has 1 amide bonds. The first-order chi connectivity index (χ1) is 8.56. The van der Waals surface area contributed by atoms with Crippen LogP contribution in [0.5, 0.6) is 0 Å². The first kappa shape index (κ1) is 12.6. The Morgan fingerprint density at radius 1 is 1.56 bits per heavy atom. The quantitative estimate of drug-likeness (QED) is 0.856. The molecule has 0 aliphatic carbocycles. The van der Waals surface area contributed by atoms with Gasteiger partial charge in [-0.2, -0.15) is 5.10 Å². The second kappa shape index (κ2) is 5.20. The van der Waals surface area contributed by atoms with Gasteiger partial charge in [-0.05, 0) is 18.8 Å². The molecule has 0 bridgehead atoms. The van der Waals surface area contributed by atoms with Crippen molar-refractivity contribution in [3.05, 3.63) is 18.0 Å². The molecule has 1 aromatic rings. The van der Waals surface area contributed by atoms with Crippen LogP contribution in [-0.4, -0.2) is 44.8 Å². The summed E-state index contributed by atoms with van der Waals surface area (Å²) >= 11 is 0. The SMILES string of the molecule is Cn1cc(C(=O)N2CCC(CCC(=O)O)C2)cn1. The molecule has 1 aliphatic heterocycles. The molecule has 6 nitrogen and oxygen atoms in total. The summed E-state index contributed by atoms with van der Waals surface area (Å²) in [5.41, 5.74) is 0.594. The predicted molar refractivity (Wildman–Crippen MR) is 64.1 cm³/mol. The van der Waals surface area contributed by atoms with Gasteiger partial charge in [0.2, 0.25) is 0 Å². The molecule has 0 radical (unpaired) electrons. The van der Waals surface area contributed by atoms with E-state index in [2.05, 4.69) is 5.10 Å². The largest absolute Gasteiger partial charge is 0.481 e. The van der Waals surface area contributed by atoms with Gasteiger partial charge in [0.05, 0.1) is 11.8 Å². The number of likely N-dealkylation sites (tertiary alicyclic amines) is 1. The molecule has 1 unspecified atom stereocenters. The van der Waals surface area contributed by atoms with Crippen LogP contribution in [0.4, 0.5) is 0 Å². The van der Waals surface area contributed by atoms with E-state index in [1.807, 2.05) is 0 Å². The average molecular weight is 251 g/mol. The molecule has 18 heavy (non-hydrogen) atoms. The molecule has 1 saturated heterocycles. The minimum atomic E-state index is -0.771. The number of rotatable bonds is 4. The number of hydrogen-bond donors (Lipinski definition) is 1. The van der Waals surface area contributed by atoms with Crippen LogP contribution in [0, 0.1) is 5.92 Å². The monoisotopic (exact) mass is 251 g/mol. The van der Waals surface area contributed by atoms with Crippen molar-refractivity contribution in [3.8, 4) is 0 Å². The summed E-state index contributed by atoms with van der Waals surface area (Å²) in [6, 6.07) is 0. The number of aliphatic carboxylic acids is 1. The lowest BCUT2D eigenvalue weighted by atomic mass is 10.0. The molecule has 2 heterocycles. The second-order valence-corrected chi connectivity index (χ2v) is 4.74. The summed E-state index contributed by atoms with van der Waals surface area (Å²) in [7, 11) is 1.77. The van der Waals surface area contributed by atoms with Gasteiger partial charge in [-0.3, -0.25) is 14.3 Å². The number of nitrogens with zero attached hydrogens (tertiary/aromatic N) is 3. The van der Waals surface area contributed by atoms with Gasteiger partial charge in [0, 0.05) is 32.8 Å². The molecule has 0 saturated carbocycles. The molecule has 1 aliphatic rings. The Hall–Kier alpha value is -1.85. The zero-order chi connectivity index (χ0) is 13.1. The molecular formula is C12H17N3O3. The Balaban J connectivity index is 1.88. The Morgan fingerprint density at radius 3 is 2.94 bits per heavy atom. The summed E-state index contributed by atoms with van der Waals surface area (Å²) in [6.07, 6.45) is 4.98. The van der Waals surface area contributed by atoms with Crippen molar-refractivity contribution in [2.75, 3.05) is 13.1 Å². The highest BCUT2D eigenvalue weighted by Gasteiger charge is 2.27. The van der Waals surface area contributed by atoms with Crippen molar-refractivity contribution in [2.24, 2.45) is 13.0 Å². The molecule has 0 aromatic carbocycles. The summed E-state index contributed by atoms with van der Waals surface area (Å²) in [5, 5.41) is 12.6. The van der Waals surface area contributed by atoms with Crippen molar-refractivity contribution in [1.82, 2.24) is 14.7 Å². The molecule has 6 heteroatoms. The number of aryl methyl sites for hydroxylation is 1. The van der Waals surface area contributed by atoms with E-state index in [1.54, 1.807) is 29.0 Å². The van der Waals surface area contributed by atoms with E-state index in [0.29, 0.717) is 31.0 Å². The first-order valence-electron chi connectivity index (χ1n) is 6.06. The Morgan fingerprint density at radius 2 is 2.33 bits per heavy atom. The fraction of sp³-hybridized carbons (Fsp3) is 0.583. The highest BCUT2D eigenvalue weighted by Crippen LogP contribution is 2.22. The third kappa shape index (κ3) is 2.88. The van der Waals surface area contributed by atoms with Gasteiger partial charge in [0.1, 0.15) is 0 Å². The van der Waals surface area contributed by atoms with Crippen LogP contribution in [0.2, 0.25) is 0 Å². The van der Waals surface area contributed by atoms with Crippen LogP contribution in [0.3, 0.4) is 0 Å². The standard InChI is InChI=1S/C12H17N3O3/c1-14-8-10(6-13-14)12(18)15-5-4-9(7-15)2-3-11(16)17/h6,8-9H,2-5,7H2,1H3,(H,16,17). The first-order valence-corrected chi connectivity index (χ1v) is 6.06. The van der Waals surface area contributed by atoms with Gasteiger partial charge < -0.3 is 10.0 Å². The smallest absolute Gasteiger partial charge is 0.303 e. The third-order valence-electron chi connectivity index (χ3n) is 3.29. The van der Waals surface area contributed by atoms with E-state index in [-0.39, 0.29) is 12.3 Å². The molecule has 1 aromatic heterocycles. The minimum Gasteiger partial charge on any atom is -0.481 e. The zero-order valence-corrected chi connectivity index (χ0v) is 10.4. The van der Waals surface area contributed by atoms with Crippen LogP contribution < -0.4 is 0 Å². The van der Waals surface area contributed by atoms with Gasteiger partial charge in [-0.25, -0.2) is 0 Å². The predicted octanol–water partition coefficient (Wildman–Crippen LogP) is 0.747. The average Bonchev–Trinajstić information content (AvgIpc) is 2.94. The minimum absolute atomic E-state index is 0.0130. The highest BCUT2D eigenvalue weighted by molar-refractivity contribution is 5.93. The summed E-state index contributed by atoms with van der Waals surface area (Å²) in [5.74, 6) is -0.477. The van der Waals surface area contributed by atoms with Gasteiger partial charge in [-0.1, -0.05) is 0 Å². The molecular weight excluding hydrogens is 234 g/mol. The lowest BCUT2D eigenvalue weighted by Crippen LogP contribution is -2.28. The Bertz CT molecular complexity index is 455. The van der Waals surface area contributed by atoms with E-state index in [4.69, 9.17) is 5.11 Å². The van der Waals surface area contributed by atoms with E-state index in [0.717, 1.165) is 6.42 Å². The maximum atomic E-state index is 12.1. The number of aromatic nitrogens is 2. The lowest BCUT2D eigenvalue weighted by Gasteiger charge is -2.15. The number of carbonyl (C=O) groups is 2. The summed E-state index contributed by atoms with van der Waals surface area (Å²) < 4.78 is 1.60. The summed E-state index contributed by atoms with van der Waals surface area (Å²) in [6.45, 7) is 1.36. The molecule has 1 atom stereocenters. The Labute approximate surface area is 105 Å². The van der Waals surface area contributed by atoms with E-state index in [9.17, 15) is 9.59 Å². The number of carboxylic acid groups (broad SMARTS) is 1. The fourth-order valence-electron chi connectivity index (χ4n) is 2.29. The molecule has 2 rings (SSSR count). The molecule has 1 N–H and O–H groups in total. The number of carbonyl (C=O) groups excluding carboxylic acids is 1. The molecule has 1 fully saturated rings. The maximum Gasteiger partial charge on any atom is 0.303 e. The van der Waals surface area contributed by atoms with Crippen LogP contribution in [-0.2, 0) is 11.8 Å². The van der Waals surface area contributed by atoms with Crippen LogP contribution in [0.1, 0.15) is 29.6 Å². The molecule has 0 spiro atoms. The van der Waals surface area contributed by atoms with Gasteiger partial charge >= 0.3 is 5.97 Å². The van der Waals surface area contributed by atoms with Gasteiger partial charge in [0.15, 0.2) is 0 Å².